The summed E-state index contributed by atoms with van der Waals surface area (Å²) in [7, 11) is 1.58. The second-order valence-electron chi connectivity index (χ2n) is 4.71. The number of amides is 1. The molecule has 0 aliphatic rings. The minimum absolute atomic E-state index is 0.0163. The quantitative estimate of drug-likeness (QED) is 0.752. The van der Waals surface area contributed by atoms with Crippen LogP contribution in [-0.2, 0) is 0 Å². The molecule has 0 radical (unpaired) electrons. The number of rotatable bonds is 4. The molecule has 2 aromatic rings. The van der Waals surface area contributed by atoms with Gasteiger partial charge in [-0.25, -0.2) is 4.39 Å². The Hall–Kier alpha value is -1.40. The number of nitrogens with one attached hydrogen (secondary N) is 1. The zero-order valence-electron chi connectivity index (χ0n) is 12.0. The minimum Gasteiger partial charge on any atom is -0.496 e. The van der Waals surface area contributed by atoms with Crippen LogP contribution in [0.2, 0.25) is 0 Å². The van der Waals surface area contributed by atoms with Gasteiger partial charge in [0.1, 0.15) is 11.6 Å². The van der Waals surface area contributed by atoms with E-state index in [0.29, 0.717) is 10.2 Å². The molecule has 1 amide bonds. The summed E-state index contributed by atoms with van der Waals surface area (Å²) in [6, 6.07) is 9.61. The maximum atomic E-state index is 13.8. The van der Waals surface area contributed by atoms with E-state index in [0.717, 1.165) is 10.0 Å². The van der Waals surface area contributed by atoms with E-state index in [4.69, 9.17) is 4.74 Å². The molecule has 3 nitrogen and oxygen atoms in total. The molecule has 0 heterocycles. The summed E-state index contributed by atoms with van der Waals surface area (Å²) in [6.07, 6.45) is 0. The first-order valence-corrected chi connectivity index (χ1v) is 8.10. The highest BCUT2D eigenvalue weighted by atomic mass is 79.9. The van der Waals surface area contributed by atoms with Crippen LogP contribution in [0, 0.1) is 5.82 Å². The summed E-state index contributed by atoms with van der Waals surface area (Å²) >= 11 is 6.57. The van der Waals surface area contributed by atoms with E-state index < -0.39 is 11.7 Å². The van der Waals surface area contributed by atoms with Gasteiger partial charge in [-0.2, -0.15) is 0 Å². The van der Waals surface area contributed by atoms with Crippen LogP contribution < -0.4 is 10.1 Å². The fourth-order valence-electron chi connectivity index (χ4n) is 1.98. The number of methoxy groups -OCH3 is 1. The first kappa shape index (κ1) is 17.0. The Morgan fingerprint density at radius 3 is 2.55 bits per heavy atom. The fourth-order valence-corrected chi connectivity index (χ4v) is 2.87. The predicted molar refractivity (Wildman–Crippen MR) is 90.7 cm³/mol. The monoisotopic (exact) mass is 429 g/mol. The zero-order chi connectivity index (χ0) is 16.3. The molecule has 1 unspecified atom stereocenters. The van der Waals surface area contributed by atoms with Crippen molar-refractivity contribution in [2.45, 2.75) is 13.0 Å². The molecule has 2 rings (SSSR count). The molecule has 0 bridgehead atoms. The first-order valence-electron chi connectivity index (χ1n) is 6.51. The molecule has 2 aromatic carbocycles. The maximum absolute atomic E-state index is 13.8. The standard InChI is InChI=1S/C16H14Br2FNO2/c1-9(10-3-6-15(22-2)13(18)7-10)20-16(21)12-5-4-11(17)8-14(12)19/h3-9H,1-2H3,(H,20,21). The lowest BCUT2D eigenvalue weighted by molar-refractivity contribution is 0.0936. The predicted octanol–water partition coefficient (Wildman–Crippen LogP) is 4.85. The Labute approximate surface area is 145 Å². The normalized spacial score (nSPS) is 11.9. The van der Waals surface area contributed by atoms with Crippen LogP contribution >= 0.6 is 31.9 Å². The molecule has 0 aliphatic heterocycles. The number of carbonyl (C=O) groups excluding carboxylic acids is 1. The van der Waals surface area contributed by atoms with E-state index in [1.54, 1.807) is 13.2 Å². The molecule has 1 N–H and O–H groups in total. The first-order chi connectivity index (χ1) is 10.4. The molecule has 1 atom stereocenters. The molecule has 6 heteroatoms. The molecule has 0 aliphatic carbocycles. The fraction of sp³-hybridized carbons (Fsp3) is 0.188. The van der Waals surface area contributed by atoms with E-state index in [9.17, 15) is 9.18 Å². The van der Waals surface area contributed by atoms with Crippen molar-refractivity contribution >= 4 is 37.8 Å². The SMILES string of the molecule is COc1ccc(C(C)NC(=O)c2ccc(Br)cc2F)cc1Br. The van der Waals surface area contributed by atoms with E-state index in [1.165, 1.54) is 12.1 Å². The molecule has 0 aromatic heterocycles. The molecule has 0 spiro atoms. The van der Waals surface area contributed by atoms with E-state index in [2.05, 4.69) is 37.2 Å². The van der Waals surface area contributed by atoms with Gasteiger partial charge in [0, 0.05) is 4.47 Å². The van der Waals surface area contributed by atoms with Gasteiger partial charge in [-0.1, -0.05) is 22.0 Å². The second-order valence-corrected chi connectivity index (χ2v) is 6.48. The minimum atomic E-state index is -0.560. The highest BCUT2D eigenvalue weighted by Gasteiger charge is 2.16. The Bertz CT molecular complexity index is 707. The zero-order valence-corrected chi connectivity index (χ0v) is 15.2. The summed E-state index contributed by atoms with van der Waals surface area (Å²) in [5.41, 5.74) is 0.904. The number of hydrogen-bond donors (Lipinski definition) is 1. The third-order valence-electron chi connectivity index (χ3n) is 3.20. The lowest BCUT2D eigenvalue weighted by atomic mass is 10.1. The van der Waals surface area contributed by atoms with Crippen molar-refractivity contribution in [3.8, 4) is 5.75 Å². The third-order valence-corrected chi connectivity index (χ3v) is 4.31. The molecule has 0 fully saturated rings. The summed E-state index contributed by atoms with van der Waals surface area (Å²) in [5, 5.41) is 2.78. The largest absolute Gasteiger partial charge is 0.496 e. The van der Waals surface area contributed by atoms with Crippen LogP contribution in [-0.4, -0.2) is 13.0 Å². The van der Waals surface area contributed by atoms with Crippen molar-refractivity contribution in [1.82, 2.24) is 5.32 Å². The van der Waals surface area contributed by atoms with Gasteiger partial charge in [0.25, 0.3) is 5.91 Å². The Kier molecular flexibility index (Phi) is 5.58. The van der Waals surface area contributed by atoms with E-state index >= 15 is 0 Å². The van der Waals surface area contributed by atoms with Gasteiger partial charge >= 0.3 is 0 Å². The van der Waals surface area contributed by atoms with Crippen molar-refractivity contribution in [3.05, 3.63) is 62.3 Å². The van der Waals surface area contributed by atoms with Crippen LogP contribution in [0.3, 0.4) is 0 Å². The Morgan fingerprint density at radius 2 is 1.95 bits per heavy atom. The number of halogens is 3. The van der Waals surface area contributed by atoms with Crippen LogP contribution in [0.25, 0.3) is 0 Å². The van der Waals surface area contributed by atoms with E-state index in [1.807, 2.05) is 25.1 Å². The van der Waals surface area contributed by atoms with Crippen molar-refractivity contribution in [2.24, 2.45) is 0 Å². The average molecular weight is 431 g/mol. The topological polar surface area (TPSA) is 38.3 Å². The van der Waals surface area contributed by atoms with Gasteiger partial charge in [0.05, 0.1) is 23.2 Å². The lowest BCUT2D eigenvalue weighted by Gasteiger charge is -2.16. The van der Waals surface area contributed by atoms with Gasteiger partial charge in [0.2, 0.25) is 0 Å². The number of carbonyl (C=O) groups is 1. The smallest absolute Gasteiger partial charge is 0.254 e. The summed E-state index contributed by atoms with van der Waals surface area (Å²) in [6.45, 7) is 1.84. The average Bonchev–Trinajstić information content (AvgIpc) is 2.46. The second kappa shape index (κ2) is 7.24. The van der Waals surface area contributed by atoms with Crippen molar-refractivity contribution in [1.29, 1.82) is 0 Å². The van der Waals surface area contributed by atoms with Gasteiger partial charge < -0.3 is 10.1 Å². The van der Waals surface area contributed by atoms with Crippen molar-refractivity contribution < 1.29 is 13.9 Å². The van der Waals surface area contributed by atoms with Crippen molar-refractivity contribution in [2.75, 3.05) is 7.11 Å². The Morgan fingerprint density at radius 1 is 1.23 bits per heavy atom. The van der Waals surface area contributed by atoms with Crippen LogP contribution in [0.1, 0.15) is 28.9 Å². The van der Waals surface area contributed by atoms with Crippen LogP contribution in [0.5, 0.6) is 5.75 Å². The summed E-state index contributed by atoms with van der Waals surface area (Å²) in [4.78, 5) is 12.2. The van der Waals surface area contributed by atoms with Crippen molar-refractivity contribution in [3.63, 3.8) is 0 Å². The van der Waals surface area contributed by atoms with Gasteiger partial charge in [-0.3, -0.25) is 4.79 Å². The maximum Gasteiger partial charge on any atom is 0.254 e. The third kappa shape index (κ3) is 3.87. The summed E-state index contributed by atoms with van der Waals surface area (Å²) in [5.74, 6) is -0.305. The molecule has 116 valence electrons. The van der Waals surface area contributed by atoms with Crippen LogP contribution in [0.15, 0.2) is 45.3 Å². The molecule has 22 heavy (non-hydrogen) atoms. The summed E-state index contributed by atoms with van der Waals surface area (Å²) < 4.78 is 20.4. The van der Waals surface area contributed by atoms with E-state index in [-0.39, 0.29) is 11.6 Å². The molecule has 0 saturated heterocycles. The number of hydrogen-bond acceptors (Lipinski definition) is 2. The lowest BCUT2D eigenvalue weighted by Crippen LogP contribution is -2.27. The highest BCUT2D eigenvalue weighted by molar-refractivity contribution is 9.10. The Balaban J connectivity index is 2.15. The molecular weight excluding hydrogens is 417 g/mol. The molecule has 0 saturated carbocycles. The van der Waals surface area contributed by atoms with Crippen LogP contribution in [0.4, 0.5) is 4.39 Å². The number of benzene rings is 2. The van der Waals surface area contributed by atoms with Gasteiger partial charge in [-0.05, 0) is 58.7 Å². The highest BCUT2D eigenvalue weighted by Crippen LogP contribution is 2.28. The van der Waals surface area contributed by atoms with Gasteiger partial charge in [0.15, 0.2) is 0 Å². The molecular formula is C16H14Br2FNO2. The van der Waals surface area contributed by atoms with Gasteiger partial charge in [-0.15, -0.1) is 0 Å². The number of ether oxygens (including phenoxy) is 1.